The summed E-state index contributed by atoms with van der Waals surface area (Å²) in [6, 6.07) is 15.0. The van der Waals surface area contributed by atoms with Crippen LogP contribution < -0.4 is 22.1 Å². The highest BCUT2D eigenvalue weighted by atomic mass is 16.5. The van der Waals surface area contributed by atoms with Gasteiger partial charge in [-0.25, -0.2) is 4.79 Å². The van der Waals surface area contributed by atoms with Gasteiger partial charge in [0.25, 0.3) is 0 Å². The highest BCUT2D eigenvalue weighted by Crippen LogP contribution is 2.44. The largest absolute Gasteiger partial charge is 0.480 e. The van der Waals surface area contributed by atoms with E-state index < -0.39 is 30.6 Å². The summed E-state index contributed by atoms with van der Waals surface area (Å²) in [5.41, 5.74) is 15.0. The van der Waals surface area contributed by atoms with Crippen LogP contribution >= 0.6 is 0 Å². The first-order valence-electron chi connectivity index (χ1n) is 11.0. The number of aliphatic imine (C=N–C) groups is 1. The molecule has 2 amide bonds. The van der Waals surface area contributed by atoms with Gasteiger partial charge < -0.3 is 31.9 Å². The molecule has 10 heteroatoms. The standard InChI is InChI=1S/C24H29N5O5/c25-23(26)27-12-6-5-11-20(22(32)28-13-21(30)31)29-24(33)34-14-19-17-9-3-1-7-15(17)16-8-2-4-10-18(16)19/h1-4,7-10,19-20H,5-6,11-14H2,(H,28,32)(H,29,33)(H,30,31)(H4,25,26,27). The second-order valence-corrected chi connectivity index (χ2v) is 7.94. The van der Waals surface area contributed by atoms with Crippen LogP contribution in [0.3, 0.4) is 0 Å². The van der Waals surface area contributed by atoms with Crippen LogP contribution in [0.4, 0.5) is 4.79 Å². The molecule has 2 aromatic carbocycles. The van der Waals surface area contributed by atoms with Gasteiger partial charge in [-0.15, -0.1) is 0 Å². The molecule has 1 unspecified atom stereocenters. The highest BCUT2D eigenvalue weighted by molar-refractivity contribution is 5.88. The monoisotopic (exact) mass is 467 g/mol. The number of carboxylic acid groups (broad SMARTS) is 1. The van der Waals surface area contributed by atoms with Crippen molar-refractivity contribution < 1.29 is 24.2 Å². The molecule has 0 heterocycles. The van der Waals surface area contributed by atoms with Gasteiger partial charge in [0.1, 0.15) is 19.2 Å². The minimum atomic E-state index is -1.18. The van der Waals surface area contributed by atoms with Crippen molar-refractivity contribution in [3.63, 3.8) is 0 Å². The van der Waals surface area contributed by atoms with Crippen molar-refractivity contribution in [2.75, 3.05) is 19.7 Å². The van der Waals surface area contributed by atoms with Crippen molar-refractivity contribution in [1.29, 1.82) is 0 Å². The summed E-state index contributed by atoms with van der Waals surface area (Å²) in [5, 5.41) is 13.7. The number of carbonyl (C=O) groups is 3. The molecule has 1 atom stereocenters. The Balaban J connectivity index is 1.60. The Labute approximate surface area is 197 Å². The number of hydrogen-bond donors (Lipinski definition) is 5. The van der Waals surface area contributed by atoms with Crippen LogP contribution in [0.15, 0.2) is 53.5 Å². The molecule has 180 valence electrons. The molecule has 0 saturated heterocycles. The van der Waals surface area contributed by atoms with Crippen molar-refractivity contribution in [3.05, 3.63) is 59.7 Å². The Morgan fingerprint density at radius 2 is 1.62 bits per heavy atom. The summed E-state index contributed by atoms with van der Waals surface area (Å²) < 4.78 is 5.50. The van der Waals surface area contributed by atoms with E-state index in [1.807, 2.05) is 48.5 Å². The molecule has 34 heavy (non-hydrogen) atoms. The highest BCUT2D eigenvalue weighted by Gasteiger charge is 2.29. The molecular weight excluding hydrogens is 438 g/mol. The van der Waals surface area contributed by atoms with Crippen LogP contribution in [-0.2, 0) is 14.3 Å². The van der Waals surface area contributed by atoms with Gasteiger partial charge in [0.05, 0.1) is 0 Å². The number of nitrogens with zero attached hydrogens (tertiary/aromatic N) is 1. The van der Waals surface area contributed by atoms with Crippen LogP contribution in [0.1, 0.15) is 36.3 Å². The number of fused-ring (bicyclic) bond motifs is 3. The smallest absolute Gasteiger partial charge is 0.407 e. The molecular formula is C24H29N5O5. The van der Waals surface area contributed by atoms with E-state index in [-0.39, 0.29) is 24.9 Å². The SMILES string of the molecule is NC(N)=NCCCCC(NC(=O)OCC1c2ccccc2-c2ccccc21)C(=O)NCC(=O)O. The number of ether oxygens (including phenoxy) is 1. The Morgan fingerprint density at radius 1 is 1.00 bits per heavy atom. The fraction of sp³-hybridized carbons (Fsp3) is 0.333. The Morgan fingerprint density at radius 3 is 2.21 bits per heavy atom. The van der Waals surface area contributed by atoms with E-state index in [9.17, 15) is 14.4 Å². The van der Waals surface area contributed by atoms with Crippen molar-refractivity contribution in [2.24, 2.45) is 16.5 Å². The Hall–Kier alpha value is -4.08. The molecule has 0 aliphatic heterocycles. The third kappa shape index (κ3) is 6.47. The first-order valence-corrected chi connectivity index (χ1v) is 11.0. The van der Waals surface area contributed by atoms with Crippen LogP contribution in [-0.4, -0.2) is 54.8 Å². The first kappa shape index (κ1) is 24.6. The average Bonchev–Trinajstić information content (AvgIpc) is 3.13. The number of aliphatic carboxylic acids is 1. The number of alkyl carbamates (subject to hydrolysis) is 1. The third-order valence-electron chi connectivity index (χ3n) is 5.56. The molecule has 0 aromatic heterocycles. The minimum absolute atomic E-state index is 0.0208. The summed E-state index contributed by atoms with van der Waals surface area (Å²) in [4.78, 5) is 39.7. The maximum Gasteiger partial charge on any atom is 0.407 e. The summed E-state index contributed by atoms with van der Waals surface area (Å²) in [6.45, 7) is -0.0553. The van der Waals surface area contributed by atoms with Gasteiger partial charge in [-0.05, 0) is 41.5 Å². The molecule has 0 fully saturated rings. The fourth-order valence-electron chi connectivity index (χ4n) is 4.01. The van der Waals surface area contributed by atoms with Crippen LogP contribution in [0.25, 0.3) is 11.1 Å². The zero-order valence-electron chi connectivity index (χ0n) is 18.7. The topological polar surface area (TPSA) is 169 Å². The van der Waals surface area contributed by atoms with Gasteiger partial charge in [-0.3, -0.25) is 14.6 Å². The first-order chi connectivity index (χ1) is 16.4. The molecule has 0 spiro atoms. The minimum Gasteiger partial charge on any atom is -0.480 e. The number of nitrogens with two attached hydrogens (primary N) is 2. The van der Waals surface area contributed by atoms with E-state index in [0.717, 1.165) is 22.3 Å². The third-order valence-corrected chi connectivity index (χ3v) is 5.56. The normalized spacial score (nSPS) is 12.7. The molecule has 10 nitrogen and oxygen atoms in total. The molecule has 0 bridgehead atoms. The van der Waals surface area contributed by atoms with Crippen LogP contribution in [0, 0.1) is 0 Å². The number of carbonyl (C=O) groups excluding carboxylic acids is 2. The van der Waals surface area contributed by atoms with E-state index in [2.05, 4.69) is 15.6 Å². The van der Waals surface area contributed by atoms with Gasteiger partial charge in [-0.2, -0.15) is 0 Å². The number of hydrogen-bond acceptors (Lipinski definition) is 5. The van der Waals surface area contributed by atoms with E-state index >= 15 is 0 Å². The second-order valence-electron chi connectivity index (χ2n) is 7.94. The molecule has 0 saturated carbocycles. The zero-order chi connectivity index (χ0) is 24.5. The number of rotatable bonds is 11. The summed E-state index contributed by atoms with van der Waals surface area (Å²) in [5.74, 6) is -1.91. The van der Waals surface area contributed by atoms with E-state index in [0.29, 0.717) is 19.4 Å². The quantitative estimate of drug-likeness (QED) is 0.190. The summed E-state index contributed by atoms with van der Waals surface area (Å²) in [6.07, 6.45) is 0.648. The Kier molecular flexibility index (Phi) is 8.44. The molecule has 0 radical (unpaired) electrons. The zero-order valence-corrected chi connectivity index (χ0v) is 18.7. The lowest BCUT2D eigenvalue weighted by Crippen LogP contribution is -2.48. The number of amides is 2. The summed E-state index contributed by atoms with van der Waals surface area (Å²) >= 11 is 0. The van der Waals surface area contributed by atoms with E-state index in [1.54, 1.807) is 0 Å². The molecule has 7 N–H and O–H groups in total. The second kappa shape index (κ2) is 11.7. The lowest BCUT2D eigenvalue weighted by Gasteiger charge is -2.19. The summed E-state index contributed by atoms with van der Waals surface area (Å²) in [7, 11) is 0. The van der Waals surface area contributed by atoms with Gasteiger partial charge in [-0.1, -0.05) is 48.5 Å². The number of unbranched alkanes of at least 4 members (excludes halogenated alkanes) is 1. The maximum absolute atomic E-state index is 12.6. The number of nitrogens with one attached hydrogen (secondary N) is 2. The van der Waals surface area contributed by atoms with Gasteiger partial charge in [0, 0.05) is 12.5 Å². The van der Waals surface area contributed by atoms with Crippen molar-refractivity contribution in [2.45, 2.75) is 31.2 Å². The van der Waals surface area contributed by atoms with Crippen molar-refractivity contribution >= 4 is 23.9 Å². The predicted molar refractivity (Wildman–Crippen MR) is 127 cm³/mol. The Bertz CT molecular complexity index is 1020. The molecule has 2 aromatic rings. The van der Waals surface area contributed by atoms with Crippen LogP contribution in [0.2, 0.25) is 0 Å². The lowest BCUT2D eigenvalue weighted by molar-refractivity contribution is -0.138. The molecule has 1 aliphatic rings. The lowest BCUT2D eigenvalue weighted by atomic mass is 9.98. The maximum atomic E-state index is 12.6. The van der Waals surface area contributed by atoms with Gasteiger partial charge >= 0.3 is 12.1 Å². The van der Waals surface area contributed by atoms with Gasteiger partial charge in [0.15, 0.2) is 5.96 Å². The van der Waals surface area contributed by atoms with Crippen molar-refractivity contribution in [1.82, 2.24) is 10.6 Å². The predicted octanol–water partition coefficient (Wildman–Crippen LogP) is 1.54. The van der Waals surface area contributed by atoms with Crippen LogP contribution in [0.5, 0.6) is 0 Å². The fourth-order valence-corrected chi connectivity index (χ4v) is 4.01. The number of guanidine groups is 1. The van der Waals surface area contributed by atoms with E-state index in [4.69, 9.17) is 21.3 Å². The molecule has 3 rings (SSSR count). The van der Waals surface area contributed by atoms with E-state index in [1.165, 1.54) is 0 Å². The van der Waals surface area contributed by atoms with Crippen molar-refractivity contribution in [3.8, 4) is 11.1 Å². The number of benzene rings is 2. The molecule has 1 aliphatic carbocycles. The number of carboxylic acids is 1. The van der Waals surface area contributed by atoms with Gasteiger partial charge in [0.2, 0.25) is 5.91 Å². The average molecular weight is 468 g/mol.